The van der Waals surface area contributed by atoms with Crippen LogP contribution in [0.1, 0.15) is 16.8 Å². The lowest BCUT2D eigenvalue weighted by molar-refractivity contribution is 0.0745. The van der Waals surface area contributed by atoms with Crippen LogP contribution in [0.3, 0.4) is 0 Å². The maximum atomic E-state index is 12.6. The van der Waals surface area contributed by atoms with Gasteiger partial charge in [0.2, 0.25) is 0 Å². The molecule has 1 fully saturated rings. The first-order chi connectivity index (χ1) is 9.27. The Kier molecular flexibility index (Phi) is 3.17. The van der Waals surface area contributed by atoms with Crippen molar-refractivity contribution in [2.45, 2.75) is 12.5 Å². The molecule has 3 rings (SSSR count). The van der Waals surface area contributed by atoms with E-state index in [2.05, 4.69) is 10.3 Å². The number of nitrogens with zero attached hydrogens (tertiary/aromatic N) is 2. The van der Waals surface area contributed by atoms with E-state index in [0.717, 1.165) is 30.4 Å². The molecule has 1 aliphatic heterocycles. The van der Waals surface area contributed by atoms with Crippen LogP contribution in [0, 0.1) is 0 Å². The van der Waals surface area contributed by atoms with Crippen molar-refractivity contribution in [3.8, 4) is 0 Å². The van der Waals surface area contributed by atoms with Crippen LogP contribution < -0.4 is 5.32 Å². The molecule has 1 saturated heterocycles. The highest BCUT2D eigenvalue weighted by Gasteiger charge is 2.25. The van der Waals surface area contributed by atoms with Gasteiger partial charge in [0.1, 0.15) is 0 Å². The van der Waals surface area contributed by atoms with E-state index in [0.29, 0.717) is 5.56 Å². The minimum Gasteiger partial charge on any atom is -0.337 e. The van der Waals surface area contributed by atoms with Crippen molar-refractivity contribution < 1.29 is 4.79 Å². The summed E-state index contributed by atoms with van der Waals surface area (Å²) in [6.07, 6.45) is 2.75. The average Bonchev–Trinajstić information content (AvgIpc) is 2.99. The van der Waals surface area contributed by atoms with Gasteiger partial charge in [0.05, 0.1) is 11.1 Å². The van der Waals surface area contributed by atoms with Gasteiger partial charge in [-0.1, -0.05) is 18.2 Å². The lowest BCUT2D eigenvalue weighted by Gasteiger charge is -2.24. The van der Waals surface area contributed by atoms with Gasteiger partial charge in [0.25, 0.3) is 5.91 Å². The minimum atomic E-state index is 0.0537. The summed E-state index contributed by atoms with van der Waals surface area (Å²) in [5, 5.41) is 4.29. The van der Waals surface area contributed by atoms with Gasteiger partial charge < -0.3 is 10.2 Å². The van der Waals surface area contributed by atoms with Crippen molar-refractivity contribution >= 4 is 16.8 Å². The van der Waals surface area contributed by atoms with E-state index in [4.69, 9.17) is 0 Å². The van der Waals surface area contributed by atoms with Gasteiger partial charge in [-0.2, -0.15) is 0 Å². The van der Waals surface area contributed by atoms with Gasteiger partial charge in [-0.3, -0.25) is 9.78 Å². The van der Waals surface area contributed by atoms with Crippen LogP contribution in [0.15, 0.2) is 36.5 Å². The molecule has 2 aromatic rings. The van der Waals surface area contributed by atoms with Crippen molar-refractivity contribution in [2.75, 3.05) is 20.1 Å². The number of pyridine rings is 1. The second-order valence-electron chi connectivity index (χ2n) is 4.94. The molecule has 1 amide bonds. The van der Waals surface area contributed by atoms with Gasteiger partial charge in [0.15, 0.2) is 0 Å². The summed E-state index contributed by atoms with van der Waals surface area (Å²) in [5.74, 6) is 0.0537. The third-order valence-electron chi connectivity index (χ3n) is 3.77. The molecule has 0 bridgehead atoms. The van der Waals surface area contributed by atoms with Crippen LogP contribution >= 0.6 is 0 Å². The first kappa shape index (κ1) is 12.1. The number of likely N-dealkylation sites (N-methyl/N-ethyl adjacent to an activating group) is 1. The molecular weight excluding hydrogens is 238 g/mol. The Balaban J connectivity index is 1.97. The van der Waals surface area contributed by atoms with E-state index in [1.165, 1.54) is 0 Å². The topological polar surface area (TPSA) is 45.2 Å². The highest BCUT2D eigenvalue weighted by atomic mass is 16.2. The molecule has 98 valence electrons. The molecule has 1 atom stereocenters. The molecule has 1 aromatic heterocycles. The Labute approximate surface area is 112 Å². The average molecular weight is 255 g/mol. The molecule has 1 aliphatic rings. The molecule has 4 heteroatoms. The minimum absolute atomic E-state index is 0.0537. The number of amides is 1. The van der Waals surface area contributed by atoms with Gasteiger partial charge in [-0.05, 0) is 25.1 Å². The van der Waals surface area contributed by atoms with Crippen molar-refractivity contribution in [1.29, 1.82) is 0 Å². The van der Waals surface area contributed by atoms with Gasteiger partial charge in [-0.15, -0.1) is 0 Å². The van der Waals surface area contributed by atoms with Crippen LogP contribution in [0.4, 0.5) is 0 Å². The summed E-state index contributed by atoms with van der Waals surface area (Å²) in [4.78, 5) is 18.8. The van der Waals surface area contributed by atoms with Crippen molar-refractivity contribution in [1.82, 2.24) is 15.2 Å². The largest absolute Gasteiger partial charge is 0.337 e. The molecule has 0 radical (unpaired) electrons. The molecule has 0 spiro atoms. The van der Waals surface area contributed by atoms with E-state index in [1.54, 1.807) is 6.20 Å². The van der Waals surface area contributed by atoms with Crippen LogP contribution in [-0.4, -0.2) is 42.0 Å². The van der Waals surface area contributed by atoms with Gasteiger partial charge in [-0.25, -0.2) is 0 Å². The van der Waals surface area contributed by atoms with E-state index >= 15 is 0 Å². The standard InChI is InChI=1S/C15H17N3O/c1-18(12-7-9-16-10-12)15(19)13-6-2-4-11-5-3-8-17-14(11)13/h2-6,8,12,16H,7,9-10H2,1H3. The number of carbonyl (C=O) groups excluding carboxylic acids is 1. The molecule has 1 unspecified atom stereocenters. The summed E-state index contributed by atoms with van der Waals surface area (Å²) in [5.41, 5.74) is 1.47. The fraction of sp³-hybridized carbons (Fsp3) is 0.333. The van der Waals surface area contributed by atoms with Crippen LogP contribution in [0.5, 0.6) is 0 Å². The maximum Gasteiger partial charge on any atom is 0.256 e. The molecule has 2 heterocycles. The summed E-state index contributed by atoms with van der Waals surface area (Å²) >= 11 is 0. The van der Waals surface area contributed by atoms with E-state index in [1.807, 2.05) is 42.3 Å². The van der Waals surface area contributed by atoms with Crippen molar-refractivity contribution in [3.63, 3.8) is 0 Å². The SMILES string of the molecule is CN(C(=O)c1cccc2cccnc12)C1CCNC1. The summed E-state index contributed by atoms with van der Waals surface area (Å²) in [7, 11) is 1.88. The number of fused-ring (bicyclic) bond motifs is 1. The molecule has 19 heavy (non-hydrogen) atoms. The van der Waals surface area contributed by atoms with Crippen LogP contribution in [0.2, 0.25) is 0 Å². The first-order valence-corrected chi connectivity index (χ1v) is 6.59. The molecule has 4 nitrogen and oxygen atoms in total. The lowest BCUT2D eigenvalue weighted by atomic mass is 10.1. The first-order valence-electron chi connectivity index (χ1n) is 6.59. The van der Waals surface area contributed by atoms with E-state index < -0.39 is 0 Å². The highest BCUT2D eigenvalue weighted by Crippen LogP contribution is 2.19. The summed E-state index contributed by atoms with van der Waals surface area (Å²) in [6, 6.07) is 9.91. The summed E-state index contributed by atoms with van der Waals surface area (Å²) < 4.78 is 0. The fourth-order valence-corrected chi connectivity index (χ4v) is 2.60. The molecular formula is C15H17N3O. The molecule has 0 saturated carbocycles. The number of nitrogens with one attached hydrogen (secondary N) is 1. The predicted octanol–water partition coefficient (Wildman–Crippen LogP) is 1.67. The normalized spacial score (nSPS) is 18.7. The van der Waals surface area contributed by atoms with Gasteiger partial charge >= 0.3 is 0 Å². The van der Waals surface area contributed by atoms with Gasteiger partial charge in [0, 0.05) is 31.2 Å². The Morgan fingerprint density at radius 1 is 1.37 bits per heavy atom. The van der Waals surface area contributed by atoms with E-state index in [9.17, 15) is 4.79 Å². The number of hydrogen-bond donors (Lipinski definition) is 1. The number of aromatic nitrogens is 1. The molecule has 0 aliphatic carbocycles. The van der Waals surface area contributed by atoms with Crippen LogP contribution in [0.25, 0.3) is 10.9 Å². The Bertz CT molecular complexity index is 600. The highest BCUT2D eigenvalue weighted by molar-refractivity contribution is 6.05. The third kappa shape index (κ3) is 2.19. The molecule has 1 N–H and O–H groups in total. The maximum absolute atomic E-state index is 12.6. The Morgan fingerprint density at radius 3 is 3.00 bits per heavy atom. The zero-order valence-electron chi connectivity index (χ0n) is 11.0. The van der Waals surface area contributed by atoms with Crippen molar-refractivity contribution in [2.24, 2.45) is 0 Å². The predicted molar refractivity (Wildman–Crippen MR) is 75.1 cm³/mol. The molecule has 1 aromatic carbocycles. The second kappa shape index (κ2) is 4.97. The van der Waals surface area contributed by atoms with E-state index in [-0.39, 0.29) is 11.9 Å². The monoisotopic (exact) mass is 255 g/mol. The summed E-state index contributed by atoms with van der Waals surface area (Å²) in [6.45, 7) is 1.86. The Morgan fingerprint density at radius 2 is 2.21 bits per heavy atom. The third-order valence-corrected chi connectivity index (χ3v) is 3.77. The lowest BCUT2D eigenvalue weighted by Crippen LogP contribution is -2.38. The number of rotatable bonds is 2. The Hall–Kier alpha value is -1.94. The number of hydrogen-bond acceptors (Lipinski definition) is 3. The number of carbonyl (C=O) groups is 1. The number of benzene rings is 1. The number of para-hydroxylation sites is 1. The fourth-order valence-electron chi connectivity index (χ4n) is 2.60. The second-order valence-corrected chi connectivity index (χ2v) is 4.94. The quantitative estimate of drug-likeness (QED) is 0.888. The smallest absolute Gasteiger partial charge is 0.256 e. The van der Waals surface area contributed by atoms with Crippen molar-refractivity contribution in [3.05, 3.63) is 42.1 Å². The van der Waals surface area contributed by atoms with Crippen LogP contribution in [-0.2, 0) is 0 Å². The zero-order chi connectivity index (χ0) is 13.2. The zero-order valence-corrected chi connectivity index (χ0v) is 11.0.